The first-order valence-corrected chi connectivity index (χ1v) is 7.98. The van der Waals surface area contributed by atoms with Gasteiger partial charge in [0.05, 0.1) is 28.9 Å². The predicted molar refractivity (Wildman–Crippen MR) is 99.1 cm³/mol. The molecule has 122 valence electrons. The lowest BCUT2D eigenvalue weighted by Crippen LogP contribution is -2.05. The maximum absolute atomic E-state index is 11.2. The molecule has 2 N–H and O–H groups in total. The quantitative estimate of drug-likeness (QED) is 0.590. The molecule has 25 heavy (non-hydrogen) atoms. The van der Waals surface area contributed by atoms with Crippen LogP contribution in [-0.2, 0) is 4.79 Å². The lowest BCUT2D eigenvalue weighted by atomic mass is 10.1. The van der Waals surface area contributed by atoms with Crippen molar-refractivity contribution in [3.8, 4) is 22.6 Å². The predicted octanol–water partition coefficient (Wildman–Crippen LogP) is 4.25. The van der Waals surface area contributed by atoms with E-state index in [-0.39, 0.29) is 5.91 Å². The van der Waals surface area contributed by atoms with Crippen LogP contribution in [0.25, 0.3) is 33.5 Å². The molecule has 5 heteroatoms. The highest BCUT2D eigenvalue weighted by Crippen LogP contribution is 2.29. The highest BCUT2D eigenvalue weighted by molar-refractivity contribution is 5.93. The Kier molecular flexibility index (Phi) is 3.74. The first-order valence-electron chi connectivity index (χ1n) is 7.98. The van der Waals surface area contributed by atoms with Crippen molar-refractivity contribution in [2.24, 2.45) is 0 Å². The molecule has 0 saturated heterocycles. The Morgan fingerprint density at radius 2 is 1.88 bits per heavy atom. The molecule has 0 aliphatic rings. The van der Waals surface area contributed by atoms with Crippen LogP contribution >= 0.6 is 0 Å². The summed E-state index contributed by atoms with van der Waals surface area (Å²) < 4.78 is 0. The molecule has 0 saturated carbocycles. The molecule has 0 aliphatic carbocycles. The third-order valence-electron chi connectivity index (χ3n) is 3.95. The van der Waals surface area contributed by atoms with Crippen molar-refractivity contribution in [2.45, 2.75) is 6.92 Å². The second kappa shape index (κ2) is 6.20. The van der Waals surface area contributed by atoms with Gasteiger partial charge in [0.25, 0.3) is 0 Å². The fourth-order valence-corrected chi connectivity index (χ4v) is 2.85. The molecule has 2 heterocycles. The van der Waals surface area contributed by atoms with E-state index < -0.39 is 0 Å². The zero-order valence-corrected chi connectivity index (χ0v) is 13.7. The number of carbonyl (C=O) groups excluding carboxylic acids is 1. The minimum absolute atomic E-state index is 0.0890. The maximum Gasteiger partial charge on any atom is 0.221 e. The SMILES string of the molecule is CC(=O)Nc1ccc2nc(-c3[nH]cnc3-c3ccccc3)ccc2c1. The van der Waals surface area contributed by atoms with Gasteiger partial charge in [-0.2, -0.15) is 0 Å². The van der Waals surface area contributed by atoms with Crippen LogP contribution < -0.4 is 5.32 Å². The first-order chi connectivity index (χ1) is 12.2. The first kappa shape index (κ1) is 15.1. The van der Waals surface area contributed by atoms with Gasteiger partial charge in [0.15, 0.2) is 0 Å². The Labute approximate surface area is 144 Å². The Morgan fingerprint density at radius 3 is 2.68 bits per heavy atom. The average Bonchev–Trinajstić information content (AvgIpc) is 3.11. The summed E-state index contributed by atoms with van der Waals surface area (Å²) in [5, 5.41) is 3.76. The van der Waals surface area contributed by atoms with Crippen molar-refractivity contribution in [3.05, 3.63) is 67.0 Å². The number of pyridine rings is 1. The molecule has 0 aliphatic heterocycles. The smallest absolute Gasteiger partial charge is 0.221 e. The second-order valence-corrected chi connectivity index (χ2v) is 5.78. The number of hydrogen-bond acceptors (Lipinski definition) is 3. The fraction of sp³-hybridized carbons (Fsp3) is 0.0500. The van der Waals surface area contributed by atoms with Gasteiger partial charge in [-0.05, 0) is 24.3 Å². The van der Waals surface area contributed by atoms with E-state index in [1.54, 1.807) is 6.33 Å². The van der Waals surface area contributed by atoms with Gasteiger partial charge in [-0.25, -0.2) is 9.97 Å². The minimum Gasteiger partial charge on any atom is -0.343 e. The number of amides is 1. The van der Waals surface area contributed by atoms with Gasteiger partial charge < -0.3 is 10.3 Å². The summed E-state index contributed by atoms with van der Waals surface area (Å²) in [6.45, 7) is 1.49. The van der Waals surface area contributed by atoms with Gasteiger partial charge in [-0.15, -0.1) is 0 Å². The van der Waals surface area contributed by atoms with Crippen LogP contribution in [-0.4, -0.2) is 20.9 Å². The molecule has 0 bridgehead atoms. The van der Waals surface area contributed by atoms with E-state index in [2.05, 4.69) is 15.3 Å². The number of H-pyrrole nitrogens is 1. The Balaban J connectivity index is 1.76. The van der Waals surface area contributed by atoms with Gasteiger partial charge in [0, 0.05) is 23.6 Å². The van der Waals surface area contributed by atoms with E-state index in [1.165, 1.54) is 6.92 Å². The summed E-state index contributed by atoms with van der Waals surface area (Å²) in [5.74, 6) is -0.0890. The van der Waals surface area contributed by atoms with E-state index in [4.69, 9.17) is 4.98 Å². The lowest BCUT2D eigenvalue weighted by molar-refractivity contribution is -0.114. The molecule has 0 unspecified atom stereocenters. The van der Waals surface area contributed by atoms with Crippen LogP contribution in [0.4, 0.5) is 5.69 Å². The van der Waals surface area contributed by atoms with E-state index in [1.807, 2.05) is 60.7 Å². The molecule has 0 fully saturated rings. The number of aromatic amines is 1. The summed E-state index contributed by atoms with van der Waals surface area (Å²) in [5.41, 5.74) is 5.26. The van der Waals surface area contributed by atoms with E-state index >= 15 is 0 Å². The molecule has 2 aromatic heterocycles. The van der Waals surface area contributed by atoms with Crippen LogP contribution in [0.2, 0.25) is 0 Å². The molecular formula is C20H16N4O. The molecule has 5 nitrogen and oxygen atoms in total. The van der Waals surface area contributed by atoms with Crippen molar-refractivity contribution in [2.75, 3.05) is 5.32 Å². The molecule has 2 aromatic carbocycles. The number of carbonyl (C=O) groups is 1. The van der Waals surface area contributed by atoms with Gasteiger partial charge >= 0.3 is 0 Å². The van der Waals surface area contributed by atoms with Gasteiger partial charge in [-0.3, -0.25) is 4.79 Å². The summed E-state index contributed by atoms with van der Waals surface area (Å²) >= 11 is 0. The number of rotatable bonds is 3. The largest absolute Gasteiger partial charge is 0.343 e. The maximum atomic E-state index is 11.2. The van der Waals surface area contributed by atoms with E-state index in [0.29, 0.717) is 0 Å². The summed E-state index contributed by atoms with van der Waals surface area (Å²) in [7, 11) is 0. The number of nitrogens with one attached hydrogen (secondary N) is 2. The van der Waals surface area contributed by atoms with Crippen LogP contribution in [0, 0.1) is 0 Å². The monoisotopic (exact) mass is 328 g/mol. The molecule has 0 spiro atoms. The summed E-state index contributed by atoms with van der Waals surface area (Å²) in [6, 6.07) is 19.7. The van der Waals surface area contributed by atoms with Crippen LogP contribution in [0.5, 0.6) is 0 Å². The molecule has 4 aromatic rings. The second-order valence-electron chi connectivity index (χ2n) is 5.78. The number of nitrogens with zero attached hydrogens (tertiary/aromatic N) is 2. The van der Waals surface area contributed by atoms with Gasteiger partial charge in [0.2, 0.25) is 5.91 Å². The standard InChI is InChI=1S/C20H16N4O/c1-13(25)23-16-8-10-17-15(11-16)7-9-18(24-17)20-19(21-12-22-20)14-5-3-2-4-6-14/h2-12H,1H3,(H,21,22)(H,23,25). The zero-order chi connectivity index (χ0) is 17.2. The Hall–Kier alpha value is -3.47. The van der Waals surface area contributed by atoms with Gasteiger partial charge in [-0.1, -0.05) is 36.4 Å². The van der Waals surface area contributed by atoms with Crippen molar-refractivity contribution in [1.29, 1.82) is 0 Å². The van der Waals surface area contributed by atoms with Crippen LogP contribution in [0.15, 0.2) is 67.0 Å². The number of hydrogen-bond donors (Lipinski definition) is 2. The van der Waals surface area contributed by atoms with Crippen molar-refractivity contribution in [3.63, 3.8) is 0 Å². The number of benzene rings is 2. The number of aromatic nitrogens is 3. The van der Waals surface area contributed by atoms with E-state index in [0.717, 1.165) is 39.2 Å². The number of imidazole rings is 1. The van der Waals surface area contributed by atoms with Crippen LogP contribution in [0.3, 0.4) is 0 Å². The van der Waals surface area contributed by atoms with Crippen LogP contribution in [0.1, 0.15) is 6.92 Å². The lowest BCUT2D eigenvalue weighted by Gasteiger charge is -2.07. The fourth-order valence-electron chi connectivity index (χ4n) is 2.85. The minimum atomic E-state index is -0.0890. The zero-order valence-electron chi connectivity index (χ0n) is 13.7. The Morgan fingerprint density at radius 1 is 1.04 bits per heavy atom. The summed E-state index contributed by atoms with van der Waals surface area (Å²) in [6.07, 6.45) is 1.68. The normalized spacial score (nSPS) is 10.8. The molecule has 4 rings (SSSR count). The number of fused-ring (bicyclic) bond motifs is 1. The van der Waals surface area contributed by atoms with Crippen molar-refractivity contribution >= 4 is 22.5 Å². The average molecular weight is 328 g/mol. The third kappa shape index (κ3) is 2.99. The molecular weight excluding hydrogens is 312 g/mol. The topological polar surface area (TPSA) is 70.7 Å². The van der Waals surface area contributed by atoms with E-state index in [9.17, 15) is 4.79 Å². The highest BCUT2D eigenvalue weighted by Gasteiger charge is 2.12. The third-order valence-corrected chi connectivity index (χ3v) is 3.95. The summed E-state index contributed by atoms with van der Waals surface area (Å²) in [4.78, 5) is 23.6. The molecule has 0 atom stereocenters. The van der Waals surface area contributed by atoms with Gasteiger partial charge in [0.1, 0.15) is 0 Å². The molecule has 1 amide bonds. The highest BCUT2D eigenvalue weighted by atomic mass is 16.1. The molecule has 0 radical (unpaired) electrons. The number of anilines is 1. The van der Waals surface area contributed by atoms with Crippen molar-refractivity contribution < 1.29 is 4.79 Å². The van der Waals surface area contributed by atoms with Crippen molar-refractivity contribution in [1.82, 2.24) is 15.0 Å². The Bertz CT molecular complexity index is 1050.